The van der Waals surface area contributed by atoms with Crippen molar-refractivity contribution in [3.8, 4) is 0 Å². The first-order valence-corrected chi connectivity index (χ1v) is 7.15. The number of fused-ring (bicyclic) bond motifs is 1. The second-order valence-electron chi connectivity index (χ2n) is 5.38. The second kappa shape index (κ2) is 5.52. The van der Waals surface area contributed by atoms with E-state index in [9.17, 15) is 0 Å². The summed E-state index contributed by atoms with van der Waals surface area (Å²) in [5.74, 6) is 2.89. The molecule has 0 aliphatic heterocycles. The zero-order chi connectivity index (χ0) is 14.8. The van der Waals surface area contributed by atoms with Crippen molar-refractivity contribution >= 4 is 16.9 Å². The minimum absolute atomic E-state index is 0.370. The number of aromatic amines is 1. The second-order valence-corrected chi connectivity index (χ2v) is 5.38. The van der Waals surface area contributed by atoms with Gasteiger partial charge in [0.25, 0.3) is 0 Å². The van der Waals surface area contributed by atoms with Gasteiger partial charge in [-0.1, -0.05) is 26.0 Å². The van der Waals surface area contributed by atoms with E-state index in [1.807, 2.05) is 37.4 Å². The molecule has 2 heterocycles. The van der Waals surface area contributed by atoms with Gasteiger partial charge in [0.05, 0.1) is 17.5 Å². The molecule has 2 N–H and O–H groups in total. The summed E-state index contributed by atoms with van der Waals surface area (Å²) < 4.78 is 0. The SMILES string of the molecule is CNc1cc(C(C)C)nc(Cc2nc3ccccc3[nH]2)n1. The molecule has 21 heavy (non-hydrogen) atoms. The lowest BCUT2D eigenvalue weighted by atomic mass is 10.1. The minimum atomic E-state index is 0.370. The zero-order valence-electron chi connectivity index (χ0n) is 12.5. The Balaban J connectivity index is 1.94. The molecule has 0 unspecified atom stereocenters. The van der Waals surface area contributed by atoms with Gasteiger partial charge in [-0.15, -0.1) is 0 Å². The van der Waals surface area contributed by atoms with Crippen LogP contribution in [-0.2, 0) is 6.42 Å². The quantitative estimate of drug-likeness (QED) is 0.771. The molecule has 5 heteroatoms. The number of anilines is 1. The molecule has 0 saturated heterocycles. The fourth-order valence-corrected chi connectivity index (χ4v) is 2.26. The molecule has 0 radical (unpaired) electrons. The highest BCUT2D eigenvalue weighted by Gasteiger charge is 2.10. The number of para-hydroxylation sites is 2. The van der Waals surface area contributed by atoms with E-state index in [2.05, 4.69) is 39.1 Å². The number of nitrogens with one attached hydrogen (secondary N) is 2. The van der Waals surface area contributed by atoms with Crippen molar-refractivity contribution in [1.29, 1.82) is 0 Å². The topological polar surface area (TPSA) is 66.5 Å². The summed E-state index contributed by atoms with van der Waals surface area (Å²) in [7, 11) is 1.87. The maximum absolute atomic E-state index is 4.64. The highest BCUT2D eigenvalue weighted by atomic mass is 15.0. The van der Waals surface area contributed by atoms with E-state index in [0.717, 1.165) is 34.2 Å². The molecule has 0 fully saturated rings. The number of nitrogens with zero attached hydrogens (tertiary/aromatic N) is 3. The molecule has 3 rings (SSSR count). The predicted molar refractivity (Wildman–Crippen MR) is 84.6 cm³/mol. The van der Waals surface area contributed by atoms with Crippen molar-refractivity contribution in [2.45, 2.75) is 26.2 Å². The normalized spacial score (nSPS) is 11.2. The lowest BCUT2D eigenvalue weighted by Crippen LogP contribution is -2.06. The zero-order valence-corrected chi connectivity index (χ0v) is 12.5. The number of imidazole rings is 1. The summed E-state index contributed by atoms with van der Waals surface area (Å²) in [4.78, 5) is 17.1. The van der Waals surface area contributed by atoms with Crippen molar-refractivity contribution < 1.29 is 0 Å². The van der Waals surface area contributed by atoms with E-state index in [-0.39, 0.29) is 0 Å². The van der Waals surface area contributed by atoms with Crippen LogP contribution in [0.4, 0.5) is 5.82 Å². The predicted octanol–water partition coefficient (Wildman–Crippen LogP) is 3.11. The Morgan fingerprint density at radius 3 is 2.67 bits per heavy atom. The van der Waals surface area contributed by atoms with Crippen molar-refractivity contribution in [2.75, 3.05) is 12.4 Å². The largest absolute Gasteiger partial charge is 0.373 e. The van der Waals surface area contributed by atoms with Crippen LogP contribution < -0.4 is 5.32 Å². The standard InChI is InChI=1S/C16H19N5/c1-10(2)13-8-14(17-3)21-16(20-13)9-15-18-11-6-4-5-7-12(11)19-15/h4-8,10H,9H2,1-3H3,(H,18,19)(H,17,20,21). The summed E-state index contributed by atoms with van der Waals surface area (Å²) in [5, 5.41) is 3.09. The number of aromatic nitrogens is 4. The Morgan fingerprint density at radius 1 is 1.14 bits per heavy atom. The van der Waals surface area contributed by atoms with Gasteiger partial charge in [0.15, 0.2) is 0 Å². The van der Waals surface area contributed by atoms with Gasteiger partial charge in [-0.25, -0.2) is 15.0 Å². The fraction of sp³-hybridized carbons (Fsp3) is 0.312. The molecule has 0 spiro atoms. The lowest BCUT2D eigenvalue weighted by Gasteiger charge is -2.09. The summed E-state index contributed by atoms with van der Waals surface area (Å²) >= 11 is 0. The molecule has 3 aromatic rings. The van der Waals surface area contributed by atoms with E-state index >= 15 is 0 Å². The molecule has 1 aromatic carbocycles. The van der Waals surface area contributed by atoms with Crippen LogP contribution in [0.25, 0.3) is 11.0 Å². The van der Waals surface area contributed by atoms with Gasteiger partial charge in [-0.2, -0.15) is 0 Å². The summed E-state index contributed by atoms with van der Waals surface area (Å²) in [6.45, 7) is 4.26. The highest BCUT2D eigenvalue weighted by molar-refractivity contribution is 5.74. The van der Waals surface area contributed by atoms with Crippen LogP contribution in [0.1, 0.15) is 37.1 Å². The first kappa shape index (κ1) is 13.5. The van der Waals surface area contributed by atoms with Gasteiger partial charge in [-0.05, 0) is 18.1 Å². The smallest absolute Gasteiger partial charge is 0.138 e. The number of rotatable bonds is 4. The highest BCUT2D eigenvalue weighted by Crippen LogP contribution is 2.17. The van der Waals surface area contributed by atoms with Gasteiger partial charge in [0, 0.05) is 18.8 Å². The monoisotopic (exact) mass is 281 g/mol. The van der Waals surface area contributed by atoms with E-state index in [0.29, 0.717) is 12.3 Å². The van der Waals surface area contributed by atoms with E-state index < -0.39 is 0 Å². The summed E-state index contributed by atoms with van der Waals surface area (Å²) in [6, 6.07) is 10.0. The van der Waals surface area contributed by atoms with E-state index in [1.54, 1.807) is 0 Å². The van der Waals surface area contributed by atoms with Crippen LogP contribution in [0.5, 0.6) is 0 Å². The van der Waals surface area contributed by atoms with Crippen LogP contribution >= 0.6 is 0 Å². The number of benzene rings is 1. The molecule has 0 aliphatic carbocycles. The molecule has 0 aliphatic rings. The Morgan fingerprint density at radius 2 is 1.95 bits per heavy atom. The van der Waals surface area contributed by atoms with E-state index in [1.165, 1.54) is 0 Å². The molecule has 0 bridgehead atoms. The molecule has 2 aromatic heterocycles. The third kappa shape index (κ3) is 2.86. The molecule has 108 valence electrons. The first-order valence-electron chi connectivity index (χ1n) is 7.15. The van der Waals surface area contributed by atoms with Gasteiger partial charge in [-0.3, -0.25) is 0 Å². The van der Waals surface area contributed by atoms with Gasteiger partial charge in [0.2, 0.25) is 0 Å². The third-order valence-electron chi connectivity index (χ3n) is 3.40. The molecular formula is C16H19N5. The van der Waals surface area contributed by atoms with Crippen LogP contribution in [0.3, 0.4) is 0 Å². The number of hydrogen-bond acceptors (Lipinski definition) is 4. The number of hydrogen-bond donors (Lipinski definition) is 2. The van der Waals surface area contributed by atoms with Gasteiger partial charge >= 0.3 is 0 Å². The molecule has 5 nitrogen and oxygen atoms in total. The average molecular weight is 281 g/mol. The van der Waals surface area contributed by atoms with Crippen LogP contribution in [0, 0.1) is 0 Å². The van der Waals surface area contributed by atoms with Crippen LogP contribution in [-0.4, -0.2) is 27.0 Å². The fourth-order valence-electron chi connectivity index (χ4n) is 2.26. The van der Waals surface area contributed by atoms with Gasteiger partial charge in [0.1, 0.15) is 17.5 Å². The Labute approximate surface area is 123 Å². The lowest BCUT2D eigenvalue weighted by molar-refractivity contribution is 0.787. The molecule has 0 saturated carbocycles. The maximum atomic E-state index is 4.64. The van der Waals surface area contributed by atoms with E-state index in [4.69, 9.17) is 0 Å². The third-order valence-corrected chi connectivity index (χ3v) is 3.40. The summed E-state index contributed by atoms with van der Waals surface area (Å²) in [5.41, 5.74) is 3.06. The molecule has 0 amide bonds. The summed E-state index contributed by atoms with van der Waals surface area (Å²) in [6.07, 6.45) is 0.601. The Kier molecular flexibility index (Phi) is 3.56. The molecular weight excluding hydrogens is 262 g/mol. The number of H-pyrrole nitrogens is 1. The van der Waals surface area contributed by atoms with Crippen LogP contribution in [0.15, 0.2) is 30.3 Å². The average Bonchev–Trinajstić information content (AvgIpc) is 2.88. The first-order chi connectivity index (χ1) is 10.2. The van der Waals surface area contributed by atoms with Crippen molar-refractivity contribution in [2.24, 2.45) is 0 Å². The van der Waals surface area contributed by atoms with Crippen LogP contribution in [0.2, 0.25) is 0 Å². The Hall–Kier alpha value is -2.43. The Bertz CT molecular complexity index is 727. The minimum Gasteiger partial charge on any atom is -0.373 e. The van der Waals surface area contributed by atoms with Crippen molar-refractivity contribution in [3.05, 3.63) is 47.7 Å². The van der Waals surface area contributed by atoms with Crippen molar-refractivity contribution in [1.82, 2.24) is 19.9 Å². The molecule has 0 atom stereocenters. The maximum Gasteiger partial charge on any atom is 0.138 e. The van der Waals surface area contributed by atoms with Crippen molar-refractivity contribution in [3.63, 3.8) is 0 Å². The van der Waals surface area contributed by atoms with Gasteiger partial charge < -0.3 is 10.3 Å².